The molecule has 0 heterocycles. The van der Waals surface area contributed by atoms with Gasteiger partial charge < -0.3 is 16.4 Å². The summed E-state index contributed by atoms with van der Waals surface area (Å²) < 4.78 is 0. The molecule has 0 saturated heterocycles. The average Bonchev–Trinajstić information content (AvgIpc) is 2.57. The van der Waals surface area contributed by atoms with Crippen LogP contribution in [0.4, 0.5) is 17.1 Å². The molecule has 4 N–H and O–H groups in total. The van der Waals surface area contributed by atoms with Crippen molar-refractivity contribution >= 4 is 23.0 Å². The molecule has 0 aromatic heterocycles. The molecule has 0 aliphatic heterocycles. The van der Waals surface area contributed by atoms with E-state index in [4.69, 9.17) is 5.73 Å². The van der Waals surface area contributed by atoms with E-state index in [1.807, 2.05) is 54.6 Å². The van der Waals surface area contributed by atoms with Crippen LogP contribution in [0.1, 0.15) is 25.7 Å². The highest BCUT2D eigenvalue weighted by molar-refractivity contribution is 5.92. The molecule has 4 heteroatoms. The zero-order valence-electron chi connectivity index (χ0n) is 13.2. The Hall–Kier alpha value is -2.33. The molecule has 1 aliphatic rings. The monoisotopic (exact) mass is 309 g/mol. The van der Waals surface area contributed by atoms with Gasteiger partial charge >= 0.3 is 0 Å². The molecule has 0 bridgehead atoms. The van der Waals surface area contributed by atoms with Gasteiger partial charge in [0.25, 0.3) is 0 Å². The largest absolute Gasteiger partial charge is 0.356 e. The highest BCUT2D eigenvalue weighted by Gasteiger charge is 2.25. The summed E-state index contributed by atoms with van der Waals surface area (Å²) in [5.74, 6) is 0.129. The van der Waals surface area contributed by atoms with Crippen LogP contribution in [0.3, 0.4) is 0 Å². The van der Waals surface area contributed by atoms with E-state index < -0.39 is 0 Å². The summed E-state index contributed by atoms with van der Waals surface area (Å²) in [4.78, 5) is 12.3. The number of rotatable bonds is 4. The van der Waals surface area contributed by atoms with E-state index >= 15 is 0 Å². The number of hydrogen-bond donors (Lipinski definition) is 3. The first-order valence-electron chi connectivity index (χ1n) is 8.19. The lowest BCUT2D eigenvalue weighted by molar-refractivity contribution is -0.120. The second kappa shape index (κ2) is 7.29. The fraction of sp³-hybridized carbons (Fsp3) is 0.316. The number of benzene rings is 2. The van der Waals surface area contributed by atoms with Crippen molar-refractivity contribution in [1.29, 1.82) is 0 Å². The molecule has 23 heavy (non-hydrogen) atoms. The van der Waals surface area contributed by atoms with Crippen LogP contribution in [0.2, 0.25) is 0 Å². The standard InChI is InChI=1S/C19H23N3O/c20-15-6-4-5-14(13-15)19(23)22-18-11-9-17(10-12-18)21-16-7-2-1-3-8-16/h1-3,7-12,14-15,21H,4-6,13,20H2,(H,22,23). The summed E-state index contributed by atoms with van der Waals surface area (Å²) >= 11 is 0. The zero-order valence-corrected chi connectivity index (χ0v) is 13.2. The van der Waals surface area contributed by atoms with E-state index in [9.17, 15) is 4.79 Å². The van der Waals surface area contributed by atoms with Crippen LogP contribution in [0.25, 0.3) is 0 Å². The van der Waals surface area contributed by atoms with E-state index in [2.05, 4.69) is 10.6 Å². The Kier molecular flexibility index (Phi) is 4.93. The number of carbonyl (C=O) groups is 1. The number of nitrogens with two attached hydrogens (primary N) is 1. The van der Waals surface area contributed by atoms with Crippen molar-refractivity contribution < 1.29 is 4.79 Å². The Morgan fingerprint density at radius 1 is 0.913 bits per heavy atom. The minimum Gasteiger partial charge on any atom is -0.356 e. The van der Waals surface area contributed by atoms with Crippen LogP contribution in [0.5, 0.6) is 0 Å². The molecule has 2 aromatic rings. The van der Waals surface area contributed by atoms with Gasteiger partial charge in [-0.3, -0.25) is 4.79 Å². The Morgan fingerprint density at radius 3 is 2.26 bits per heavy atom. The van der Waals surface area contributed by atoms with E-state index in [1.54, 1.807) is 0 Å². The first kappa shape index (κ1) is 15.6. The van der Waals surface area contributed by atoms with E-state index in [-0.39, 0.29) is 17.9 Å². The molecule has 2 atom stereocenters. The third-order valence-corrected chi connectivity index (χ3v) is 4.30. The zero-order chi connectivity index (χ0) is 16.1. The van der Waals surface area contributed by atoms with Gasteiger partial charge in [0.15, 0.2) is 0 Å². The third kappa shape index (κ3) is 4.33. The average molecular weight is 309 g/mol. The predicted molar refractivity (Wildman–Crippen MR) is 94.7 cm³/mol. The third-order valence-electron chi connectivity index (χ3n) is 4.30. The van der Waals surface area contributed by atoms with Crippen molar-refractivity contribution in [2.45, 2.75) is 31.7 Å². The minimum absolute atomic E-state index is 0.0425. The molecular weight excluding hydrogens is 286 g/mol. The molecule has 2 aromatic carbocycles. The van der Waals surface area contributed by atoms with Crippen molar-refractivity contribution in [1.82, 2.24) is 0 Å². The van der Waals surface area contributed by atoms with Gasteiger partial charge in [0, 0.05) is 29.0 Å². The Balaban J connectivity index is 1.58. The van der Waals surface area contributed by atoms with Gasteiger partial charge in [-0.15, -0.1) is 0 Å². The number of amides is 1. The Bertz CT molecular complexity index is 639. The van der Waals surface area contributed by atoms with Gasteiger partial charge in [-0.1, -0.05) is 24.6 Å². The van der Waals surface area contributed by atoms with Gasteiger partial charge in [0.2, 0.25) is 5.91 Å². The Morgan fingerprint density at radius 2 is 1.57 bits per heavy atom. The van der Waals surface area contributed by atoms with Crippen LogP contribution in [-0.2, 0) is 4.79 Å². The number of anilines is 3. The maximum atomic E-state index is 12.3. The summed E-state index contributed by atoms with van der Waals surface area (Å²) in [7, 11) is 0. The molecule has 1 aliphatic carbocycles. The Labute approximate surface area is 137 Å². The SMILES string of the molecule is NC1CCCC(C(=O)Nc2ccc(Nc3ccccc3)cc2)C1. The molecule has 0 radical (unpaired) electrons. The lowest BCUT2D eigenvalue weighted by atomic mass is 9.85. The molecule has 0 spiro atoms. The number of nitrogens with one attached hydrogen (secondary N) is 2. The van der Waals surface area contributed by atoms with Crippen LogP contribution in [-0.4, -0.2) is 11.9 Å². The predicted octanol–water partition coefficient (Wildman–Crippen LogP) is 3.89. The molecule has 1 saturated carbocycles. The van der Waals surface area contributed by atoms with Crippen molar-refractivity contribution in [2.75, 3.05) is 10.6 Å². The molecule has 1 amide bonds. The van der Waals surface area contributed by atoms with Crippen LogP contribution in [0, 0.1) is 5.92 Å². The summed E-state index contributed by atoms with van der Waals surface area (Å²) in [5, 5.41) is 6.33. The van der Waals surface area contributed by atoms with Crippen molar-refractivity contribution in [3.05, 3.63) is 54.6 Å². The minimum atomic E-state index is 0.0425. The highest BCUT2D eigenvalue weighted by Crippen LogP contribution is 2.25. The molecule has 120 valence electrons. The summed E-state index contributed by atoms with van der Waals surface area (Å²) in [6, 6.07) is 17.9. The first-order chi connectivity index (χ1) is 11.2. The van der Waals surface area contributed by atoms with Crippen molar-refractivity contribution in [3.63, 3.8) is 0 Å². The van der Waals surface area contributed by atoms with E-state index in [1.165, 1.54) is 0 Å². The molecule has 4 nitrogen and oxygen atoms in total. The maximum absolute atomic E-state index is 12.3. The van der Waals surface area contributed by atoms with Gasteiger partial charge in [0.1, 0.15) is 0 Å². The normalized spacial score (nSPS) is 20.7. The lowest BCUT2D eigenvalue weighted by Gasteiger charge is -2.25. The first-order valence-corrected chi connectivity index (χ1v) is 8.19. The van der Waals surface area contributed by atoms with Crippen LogP contribution < -0.4 is 16.4 Å². The van der Waals surface area contributed by atoms with Gasteiger partial charge in [-0.25, -0.2) is 0 Å². The number of carbonyl (C=O) groups excluding carboxylic acids is 1. The fourth-order valence-electron chi connectivity index (χ4n) is 3.04. The quantitative estimate of drug-likeness (QED) is 0.802. The van der Waals surface area contributed by atoms with Gasteiger partial charge in [-0.05, 0) is 55.7 Å². The maximum Gasteiger partial charge on any atom is 0.227 e. The smallest absolute Gasteiger partial charge is 0.227 e. The number of para-hydroxylation sites is 1. The summed E-state index contributed by atoms with van der Waals surface area (Å²) in [6.07, 6.45) is 3.80. The second-order valence-electron chi connectivity index (χ2n) is 6.18. The van der Waals surface area contributed by atoms with E-state index in [0.29, 0.717) is 0 Å². The highest BCUT2D eigenvalue weighted by atomic mass is 16.1. The van der Waals surface area contributed by atoms with E-state index in [0.717, 1.165) is 42.7 Å². The van der Waals surface area contributed by atoms with Crippen LogP contribution >= 0.6 is 0 Å². The van der Waals surface area contributed by atoms with Crippen LogP contribution in [0.15, 0.2) is 54.6 Å². The second-order valence-corrected chi connectivity index (χ2v) is 6.18. The van der Waals surface area contributed by atoms with Gasteiger partial charge in [-0.2, -0.15) is 0 Å². The molecule has 3 rings (SSSR count). The van der Waals surface area contributed by atoms with Crippen molar-refractivity contribution in [3.8, 4) is 0 Å². The summed E-state index contributed by atoms with van der Waals surface area (Å²) in [6.45, 7) is 0. The number of hydrogen-bond acceptors (Lipinski definition) is 3. The fourth-order valence-corrected chi connectivity index (χ4v) is 3.04. The summed E-state index contributed by atoms with van der Waals surface area (Å²) in [5.41, 5.74) is 8.82. The topological polar surface area (TPSA) is 67.2 Å². The lowest BCUT2D eigenvalue weighted by Crippen LogP contribution is -2.34. The molecule has 2 unspecified atom stereocenters. The van der Waals surface area contributed by atoms with Crippen molar-refractivity contribution in [2.24, 2.45) is 11.7 Å². The molecular formula is C19H23N3O. The van der Waals surface area contributed by atoms with Gasteiger partial charge in [0.05, 0.1) is 0 Å². The molecule has 1 fully saturated rings.